The molecule has 0 aliphatic carbocycles. The number of hydrogen-bond acceptors (Lipinski definition) is 4. The van der Waals surface area contributed by atoms with Crippen molar-refractivity contribution in [3.63, 3.8) is 0 Å². The van der Waals surface area contributed by atoms with Gasteiger partial charge in [-0.15, -0.1) is 0 Å². The molecule has 3 atom stereocenters. The molecule has 0 saturated heterocycles. The lowest BCUT2D eigenvalue weighted by molar-refractivity contribution is 0.239. The Balaban J connectivity index is 2.02. The fourth-order valence-electron chi connectivity index (χ4n) is 2.35. The number of nitrogens with zero attached hydrogens (tertiary/aromatic N) is 1. The van der Waals surface area contributed by atoms with Crippen LogP contribution in [0, 0.1) is 0 Å². The second-order valence-corrected chi connectivity index (χ2v) is 6.27. The van der Waals surface area contributed by atoms with Crippen LogP contribution in [0.4, 0.5) is 5.69 Å². The molecular weight excluding hydrogens is 286 g/mol. The summed E-state index contributed by atoms with van der Waals surface area (Å²) in [6.07, 6.45) is 0.560. The van der Waals surface area contributed by atoms with Crippen LogP contribution in [0.15, 0.2) is 58.4 Å². The van der Waals surface area contributed by atoms with Gasteiger partial charge in [0.15, 0.2) is 10.1 Å². The number of fused-ring (bicyclic) bond motifs is 1. The number of hydrogen-bond donors (Lipinski definition) is 1. The molecule has 0 fully saturated rings. The molecule has 0 amide bonds. The molecule has 5 heteroatoms. The van der Waals surface area contributed by atoms with Crippen molar-refractivity contribution < 1.29 is 14.4 Å². The predicted molar refractivity (Wildman–Crippen MR) is 82.7 cm³/mol. The summed E-state index contributed by atoms with van der Waals surface area (Å²) in [7, 11) is 1.59. The van der Waals surface area contributed by atoms with Gasteiger partial charge < -0.3 is 14.4 Å². The molecule has 0 spiro atoms. The van der Waals surface area contributed by atoms with Gasteiger partial charge in [0.1, 0.15) is 17.5 Å². The van der Waals surface area contributed by atoms with Crippen LogP contribution in [-0.4, -0.2) is 29.1 Å². The molecular formula is C16H15NO3S. The fourth-order valence-corrected chi connectivity index (χ4v) is 3.89. The highest BCUT2D eigenvalue weighted by molar-refractivity contribution is 7.92. The molecule has 3 rings (SSSR count). The first-order chi connectivity index (χ1) is 10.2. The molecule has 0 saturated carbocycles. The molecule has 1 N–H and O–H groups in total. The third-order valence-electron chi connectivity index (χ3n) is 3.43. The van der Waals surface area contributed by atoms with Crippen LogP contribution in [0.3, 0.4) is 0 Å². The molecule has 0 aromatic heterocycles. The van der Waals surface area contributed by atoms with Gasteiger partial charge in [-0.2, -0.15) is 0 Å². The van der Waals surface area contributed by atoms with E-state index < -0.39 is 22.5 Å². The van der Waals surface area contributed by atoms with Crippen molar-refractivity contribution in [1.29, 1.82) is 0 Å². The Morgan fingerprint density at radius 3 is 2.57 bits per heavy atom. The van der Waals surface area contributed by atoms with Crippen LogP contribution in [0.5, 0.6) is 5.75 Å². The van der Waals surface area contributed by atoms with E-state index in [0.717, 1.165) is 11.3 Å². The van der Waals surface area contributed by atoms with E-state index in [1.807, 2.05) is 24.3 Å². The fraction of sp³-hybridized carbons (Fsp3) is 0.188. The lowest BCUT2D eigenvalue weighted by Crippen LogP contribution is -2.26. The zero-order valence-electron chi connectivity index (χ0n) is 11.5. The molecule has 2 aromatic rings. The number of rotatable bonds is 2. The number of para-hydroxylation sites is 1. The highest BCUT2D eigenvalue weighted by Gasteiger charge is 2.36. The van der Waals surface area contributed by atoms with Crippen LogP contribution in [0.1, 0.15) is 10.8 Å². The average Bonchev–Trinajstić information content (AvgIpc) is 2.65. The Labute approximate surface area is 126 Å². The number of aliphatic imine (C=N–C) groups is 1. The Morgan fingerprint density at radius 2 is 1.86 bits per heavy atom. The van der Waals surface area contributed by atoms with Gasteiger partial charge in [0.25, 0.3) is 0 Å². The molecule has 2 aromatic carbocycles. The summed E-state index contributed by atoms with van der Waals surface area (Å²) in [5, 5.41) is 9.76. The summed E-state index contributed by atoms with van der Waals surface area (Å²) >= 11 is -1.38. The minimum atomic E-state index is -1.38. The molecule has 1 aliphatic rings. The Hall–Kier alpha value is -1.82. The summed E-state index contributed by atoms with van der Waals surface area (Å²) in [4.78, 5) is 4.88. The first-order valence-electron chi connectivity index (χ1n) is 6.56. The monoisotopic (exact) mass is 301 g/mol. The third-order valence-corrected chi connectivity index (χ3v) is 5.22. The standard InChI is InChI=1S/C16H15NO3S/c1-20-12-8-6-11(7-9-12)16-14(18)10-17-13-4-2-3-5-15(13)21(16)19/h2-10,14,16,18H,1H3. The zero-order valence-corrected chi connectivity index (χ0v) is 12.3. The summed E-state index contributed by atoms with van der Waals surface area (Å²) in [6.45, 7) is 0. The smallest absolute Gasteiger partial charge is 0.179 e. The van der Waals surface area contributed by atoms with Crippen LogP contribution >= 0.6 is 0 Å². The molecule has 1 aliphatic heterocycles. The molecule has 3 unspecified atom stereocenters. The second-order valence-electron chi connectivity index (χ2n) is 4.73. The van der Waals surface area contributed by atoms with Crippen molar-refractivity contribution in [2.24, 2.45) is 4.99 Å². The van der Waals surface area contributed by atoms with Crippen molar-refractivity contribution in [2.75, 3.05) is 7.11 Å². The Kier molecular flexibility index (Phi) is 3.96. The maximum atomic E-state index is 12.8. The Bertz CT molecular complexity index is 657. The van der Waals surface area contributed by atoms with Gasteiger partial charge in [-0.1, -0.05) is 24.3 Å². The third kappa shape index (κ3) is 2.68. The van der Waals surface area contributed by atoms with Gasteiger partial charge in [0, 0.05) is 11.8 Å². The van der Waals surface area contributed by atoms with Crippen LogP contribution in [0.2, 0.25) is 0 Å². The largest absolute Gasteiger partial charge is 0.611 e. The van der Waals surface area contributed by atoms with Crippen molar-refractivity contribution >= 4 is 23.1 Å². The van der Waals surface area contributed by atoms with E-state index in [2.05, 4.69) is 4.99 Å². The Morgan fingerprint density at radius 1 is 1.14 bits per heavy atom. The van der Waals surface area contributed by atoms with E-state index in [1.165, 1.54) is 6.21 Å². The number of ether oxygens (including phenoxy) is 1. The number of benzene rings is 2. The van der Waals surface area contributed by atoms with E-state index in [9.17, 15) is 9.66 Å². The van der Waals surface area contributed by atoms with Crippen LogP contribution in [0.25, 0.3) is 0 Å². The zero-order chi connectivity index (χ0) is 14.8. The SMILES string of the molecule is COc1ccc(C2C(O)C=Nc3ccccc3[S+]2[O-])cc1. The summed E-state index contributed by atoms with van der Waals surface area (Å²) < 4.78 is 18.0. The van der Waals surface area contributed by atoms with Gasteiger partial charge in [-0.3, -0.25) is 4.99 Å². The minimum Gasteiger partial charge on any atom is -0.611 e. The molecule has 21 heavy (non-hydrogen) atoms. The first kappa shape index (κ1) is 14.1. The quantitative estimate of drug-likeness (QED) is 0.867. The van der Waals surface area contributed by atoms with Crippen LogP contribution in [-0.2, 0) is 11.2 Å². The molecule has 0 bridgehead atoms. The van der Waals surface area contributed by atoms with Crippen molar-refractivity contribution in [3.05, 3.63) is 54.1 Å². The van der Waals surface area contributed by atoms with E-state index in [1.54, 1.807) is 31.4 Å². The minimum absolute atomic E-state index is 0.539. The summed E-state index contributed by atoms with van der Waals surface area (Å²) in [5.74, 6) is 0.724. The summed E-state index contributed by atoms with van der Waals surface area (Å²) in [5.41, 5.74) is 1.44. The number of aliphatic hydroxyl groups is 1. The van der Waals surface area contributed by atoms with Gasteiger partial charge >= 0.3 is 0 Å². The van der Waals surface area contributed by atoms with Gasteiger partial charge in [-0.05, 0) is 35.4 Å². The molecule has 0 radical (unpaired) electrons. The first-order valence-corrected chi connectivity index (χ1v) is 7.78. The van der Waals surface area contributed by atoms with E-state index in [0.29, 0.717) is 10.6 Å². The van der Waals surface area contributed by atoms with E-state index in [-0.39, 0.29) is 0 Å². The van der Waals surface area contributed by atoms with E-state index in [4.69, 9.17) is 4.74 Å². The maximum absolute atomic E-state index is 12.8. The van der Waals surface area contributed by atoms with Gasteiger partial charge in [0.05, 0.1) is 7.11 Å². The summed E-state index contributed by atoms with van der Waals surface area (Å²) in [6, 6.07) is 14.5. The number of methoxy groups -OCH3 is 1. The predicted octanol–water partition coefficient (Wildman–Crippen LogP) is 2.62. The molecule has 1 heterocycles. The van der Waals surface area contributed by atoms with Gasteiger partial charge in [-0.25, -0.2) is 0 Å². The van der Waals surface area contributed by atoms with Gasteiger partial charge in [0.2, 0.25) is 0 Å². The normalized spacial score (nSPS) is 24.2. The van der Waals surface area contributed by atoms with Crippen molar-refractivity contribution in [3.8, 4) is 5.75 Å². The maximum Gasteiger partial charge on any atom is 0.179 e. The molecule has 4 nitrogen and oxygen atoms in total. The van der Waals surface area contributed by atoms with Crippen molar-refractivity contribution in [2.45, 2.75) is 16.2 Å². The molecule has 108 valence electrons. The lowest BCUT2D eigenvalue weighted by atomic mass is 10.1. The lowest BCUT2D eigenvalue weighted by Gasteiger charge is -2.23. The van der Waals surface area contributed by atoms with E-state index >= 15 is 0 Å². The topological polar surface area (TPSA) is 64.9 Å². The van der Waals surface area contributed by atoms with Crippen molar-refractivity contribution in [1.82, 2.24) is 0 Å². The highest BCUT2D eigenvalue weighted by Crippen LogP contribution is 2.38. The number of aliphatic hydroxyl groups excluding tert-OH is 1. The van der Waals surface area contributed by atoms with Crippen LogP contribution < -0.4 is 4.74 Å². The average molecular weight is 301 g/mol. The highest BCUT2D eigenvalue weighted by atomic mass is 32.2. The second kappa shape index (κ2) is 5.89.